The average molecular weight is 324 g/mol. The zero-order valence-corrected chi connectivity index (χ0v) is 12.2. The highest BCUT2D eigenvalue weighted by atomic mass is 16.4. The minimum Gasteiger partial charge on any atom is -0.506 e. The largest absolute Gasteiger partial charge is 0.506 e. The minimum absolute atomic E-state index is 0.0260. The van der Waals surface area contributed by atoms with Crippen LogP contribution in [0.5, 0.6) is 5.75 Å². The summed E-state index contributed by atoms with van der Waals surface area (Å²) in [6.45, 7) is 0. The molecule has 0 radical (unpaired) electrons. The standard InChI is InChI=1S/C17H12N2O5/c20-12-7-6-9(17(23)24)8-11(12)19-14-13(15(21)16(14)22)18-10-4-2-1-3-5-10/h1-8,18-20H,(H,23,24). The van der Waals surface area contributed by atoms with Crippen molar-refractivity contribution in [2.75, 3.05) is 10.6 Å². The van der Waals surface area contributed by atoms with E-state index in [1.165, 1.54) is 18.2 Å². The van der Waals surface area contributed by atoms with Crippen LogP contribution in [0.1, 0.15) is 10.4 Å². The summed E-state index contributed by atoms with van der Waals surface area (Å²) in [5.41, 5.74) is -0.808. The van der Waals surface area contributed by atoms with Crippen LogP contribution in [0.3, 0.4) is 0 Å². The van der Waals surface area contributed by atoms with Crippen LogP contribution in [0, 0.1) is 0 Å². The van der Waals surface area contributed by atoms with E-state index in [2.05, 4.69) is 10.6 Å². The second kappa shape index (κ2) is 5.88. The first-order chi connectivity index (χ1) is 11.5. The van der Waals surface area contributed by atoms with Crippen LogP contribution in [0.25, 0.3) is 0 Å². The van der Waals surface area contributed by atoms with Gasteiger partial charge in [0.05, 0.1) is 11.3 Å². The molecule has 4 N–H and O–H groups in total. The maximum atomic E-state index is 11.8. The van der Waals surface area contributed by atoms with E-state index < -0.39 is 16.8 Å². The van der Waals surface area contributed by atoms with Crippen LogP contribution in [-0.2, 0) is 0 Å². The van der Waals surface area contributed by atoms with Gasteiger partial charge in [-0.05, 0) is 30.3 Å². The maximum Gasteiger partial charge on any atom is 0.335 e. The summed E-state index contributed by atoms with van der Waals surface area (Å²) in [5.74, 6) is -1.41. The van der Waals surface area contributed by atoms with Gasteiger partial charge in [-0.3, -0.25) is 9.59 Å². The van der Waals surface area contributed by atoms with E-state index in [1.807, 2.05) is 6.07 Å². The molecule has 0 atom stereocenters. The van der Waals surface area contributed by atoms with Crippen molar-refractivity contribution < 1.29 is 15.0 Å². The van der Waals surface area contributed by atoms with Crippen LogP contribution >= 0.6 is 0 Å². The van der Waals surface area contributed by atoms with E-state index in [9.17, 15) is 19.5 Å². The molecular formula is C17H12N2O5. The number of carboxylic acids is 1. The number of carbonyl (C=O) groups is 1. The average Bonchev–Trinajstić information content (AvgIpc) is 2.59. The molecule has 0 unspecified atom stereocenters. The van der Waals surface area contributed by atoms with Crippen LogP contribution in [0.4, 0.5) is 22.7 Å². The molecule has 7 heteroatoms. The monoisotopic (exact) mass is 324 g/mol. The summed E-state index contributed by atoms with van der Waals surface area (Å²) in [4.78, 5) is 34.5. The number of carboxylic acid groups (broad SMARTS) is 1. The Morgan fingerprint density at radius 2 is 1.50 bits per heavy atom. The molecule has 3 aromatic rings. The summed E-state index contributed by atoms with van der Waals surface area (Å²) < 4.78 is 0. The van der Waals surface area contributed by atoms with Gasteiger partial charge in [-0.25, -0.2) is 4.79 Å². The number of nitrogens with one attached hydrogen (secondary N) is 2. The molecule has 0 heterocycles. The Bertz CT molecular complexity index is 988. The van der Waals surface area contributed by atoms with Crippen molar-refractivity contribution in [1.82, 2.24) is 0 Å². The van der Waals surface area contributed by atoms with Gasteiger partial charge in [-0.15, -0.1) is 0 Å². The highest BCUT2D eigenvalue weighted by Gasteiger charge is 2.22. The Morgan fingerprint density at radius 1 is 0.875 bits per heavy atom. The van der Waals surface area contributed by atoms with E-state index in [0.717, 1.165) is 0 Å². The first-order valence-corrected chi connectivity index (χ1v) is 6.96. The normalized spacial score (nSPS) is 10.5. The number of aromatic carboxylic acids is 1. The number of benzene rings is 2. The molecule has 0 aromatic heterocycles. The molecule has 0 aliphatic heterocycles. The third-order valence-corrected chi connectivity index (χ3v) is 3.46. The third-order valence-electron chi connectivity index (χ3n) is 3.46. The lowest BCUT2D eigenvalue weighted by Crippen LogP contribution is -2.35. The van der Waals surface area contributed by atoms with Crippen molar-refractivity contribution in [3.05, 3.63) is 74.5 Å². The Balaban J connectivity index is 1.93. The lowest BCUT2D eigenvalue weighted by Gasteiger charge is -2.16. The molecule has 120 valence electrons. The van der Waals surface area contributed by atoms with Crippen LogP contribution < -0.4 is 21.5 Å². The highest BCUT2D eigenvalue weighted by molar-refractivity contribution is 5.91. The zero-order valence-electron chi connectivity index (χ0n) is 12.2. The molecule has 0 spiro atoms. The van der Waals surface area contributed by atoms with Crippen LogP contribution in [0.15, 0.2) is 58.1 Å². The fraction of sp³-hybridized carbons (Fsp3) is 0. The Kier molecular flexibility index (Phi) is 3.75. The Morgan fingerprint density at radius 3 is 2.12 bits per heavy atom. The number of phenolic OH excluding ortho intramolecular Hbond substituents is 1. The Hall–Kier alpha value is -3.61. The minimum atomic E-state index is -1.18. The van der Waals surface area contributed by atoms with E-state index >= 15 is 0 Å². The molecule has 0 saturated heterocycles. The topological polar surface area (TPSA) is 116 Å². The molecule has 0 fully saturated rings. The van der Waals surface area contributed by atoms with Gasteiger partial charge in [0.25, 0.3) is 10.9 Å². The smallest absolute Gasteiger partial charge is 0.335 e. The number of para-hydroxylation sites is 1. The number of rotatable bonds is 5. The lowest BCUT2D eigenvalue weighted by molar-refractivity contribution is 0.0697. The fourth-order valence-corrected chi connectivity index (χ4v) is 2.20. The predicted molar refractivity (Wildman–Crippen MR) is 89.4 cm³/mol. The summed E-state index contributed by atoms with van der Waals surface area (Å²) in [6.07, 6.45) is 0. The van der Waals surface area contributed by atoms with Crippen molar-refractivity contribution in [1.29, 1.82) is 0 Å². The lowest BCUT2D eigenvalue weighted by atomic mass is 10.1. The first kappa shape index (κ1) is 15.3. The van der Waals surface area contributed by atoms with E-state index in [-0.39, 0.29) is 28.4 Å². The molecule has 0 aliphatic carbocycles. The number of phenols is 1. The SMILES string of the molecule is O=C(O)c1ccc(O)c(Nc2c(Nc3ccccc3)c(=O)c2=O)c1. The van der Waals surface area contributed by atoms with Crippen molar-refractivity contribution in [3.8, 4) is 5.75 Å². The fourth-order valence-electron chi connectivity index (χ4n) is 2.20. The quantitative estimate of drug-likeness (QED) is 0.420. The first-order valence-electron chi connectivity index (χ1n) is 6.96. The maximum absolute atomic E-state index is 11.8. The van der Waals surface area contributed by atoms with Gasteiger partial charge in [0.2, 0.25) is 0 Å². The zero-order chi connectivity index (χ0) is 17.3. The molecule has 0 amide bonds. The third kappa shape index (κ3) is 2.70. The van der Waals surface area contributed by atoms with Gasteiger partial charge in [0.15, 0.2) is 0 Å². The van der Waals surface area contributed by atoms with Gasteiger partial charge in [0.1, 0.15) is 17.1 Å². The second-order valence-electron chi connectivity index (χ2n) is 5.06. The van der Waals surface area contributed by atoms with Gasteiger partial charge in [0, 0.05) is 5.69 Å². The number of hydrogen-bond donors (Lipinski definition) is 4. The number of hydrogen-bond acceptors (Lipinski definition) is 6. The molecule has 24 heavy (non-hydrogen) atoms. The molecule has 0 saturated carbocycles. The van der Waals surface area contributed by atoms with Gasteiger partial charge < -0.3 is 20.8 Å². The Labute approximate surface area is 135 Å². The summed E-state index contributed by atoms with van der Waals surface area (Å²) in [6, 6.07) is 12.4. The summed E-state index contributed by atoms with van der Waals surface area (Å²) in [7, 11) is 0. The summed E-state index contributed by atoms with van der Waals surface area (Å²) in [5, 5.41) is 24.3. The molecule has 0 aliphatic rings. The van der Waals surface area contributed by atoms with Crippen molar-refractivity contribution in [2.24, 2.45) is 0 Å². The van der Waals surface area contributed by atoms with E-state index in [0.29, 0.717) is 5.69 Å². The van der Waals surface area contributed by atoms with Crippen molar-refractivity contribution >= 4 is 28.7 Å². The van der Waals surface area contributed by atoms with Crippen LogP contribution in [0.2, 0.25) is 0 Å². The highest BCUT2D eigenvalue weighted by Crippen LogP contribution is 2.30. The number of aromatic hydroxyl groups is 1. The van der Waals surface area contributed by atoms with Crippen molar-refractivity contribution in [2.45, 2.75) is 0 Å². The molecule has 0 bridgehead atoms. The molecule has 3 rings (SSSR count). The summed E-state index contributed by atoms with van der Waals surface area (Å²) >= 11 is 0. The van der Waals surface area contributed by atoms with Crippen molar-refractivity contribution in [3.63, 3.8) is 0 Å². The number of anilines is 4. The van der Waals surface area contributed by atoms with Gasteiger partial charge in [-0.1, -0.05) is 18.2 Å². The molecule has 7 nitrogen and oxygen atoms in total. The van der Waals surface area contributed by atoms with Gasteiger partial charge in [-0.2, -0.15) is 0 Å². The van der Waals surface area contributed by atoms with E-state index in [1.54, 1.807) is 24.3 Å². The van der Waals surface area contributed by atoms with Gasteiger partial charge >= 0.3 is 5.97 Å². The molecular weight excluding hydrogens is 312 g/mol. The van der Waals surface area contributed by atoms with E-state index in [4.69, 9.17) is 5.11 Å². The predicted octanol–water partition coefficient (Wildman–Crippen LogP) is 2.17. The second-order valence-corrected chi connectivity index (χ2v) is 5.06. The van der Waals surface area contributed by atoms with Crippen LogP contribution in [-0.4, -0.2) is 16.2 Å². The molecule has 3 aromatic carbocycles.